The van der Waals surface area contributed by atoms with E-state index in [0.29, 0.717) is 10.9 Å². The highest BCUT2D eigenvalue weighted by Crippen LogP contribution is 2.33. The zero-order valence-corrected chi connectivity index (χ0v) is 14.9. The van der Waals surface area contributed by atoms with E-state index >= 15 is 0 Å². The molecule has 0 unspecified atom stereocenters. The molecule has 1 heterocycles. The van der Waals surface area contributed by atoms with Crippen LogP contribution in [-0.2, 0) is 10.0 Å². The molecule has 3 nitrogen and oxygen atoms in total. The Bertz CT molecular complexity index is 476. The summed E-state index contributed by atoms with van der Waals surface area (Å²) in [5, 5.41) is 0. The fourth-order valence-corrected chi connectivity index (χ4v) is 5.13. The first kappa shape index (κ1) is 17.0. The van der Waals surface area contributed by atoms with Crippen molar-refractivity contribution in [2.75, 3.05) is 11.0 Å². The van der Waals surface area contributed by atoms with Gasteiger partial charge in [0, 0.05) is 6.54 Å². The van der Waals surface area contributed by atoms with E-state index in [-0.39, 0.29) is 9.23 Å². The molecule has 1 N–H and O–H groups in total. The first-order chi connectivity index (χ1) is 8.47. The number of thiophene rings is 1. The van der Waals surface area contributed by atoms with Gasteiger partial charge in [-0.25, -0.2) is 13.1 Å². The minimum atomic E-state index is -3.52. The molecule has 0 saturated heterocycles. The summed E-state index contributed by atoms with van der Waals surface area (Å²) in [6.07, 6.45) is 4.18. The second-order valence-electron chi connectivity index (χ2n) is 3.69. The molecule has 18 heavy (non-hydrogen) atoms. The van der Waals surface area contributed by atoms with Crippen LogP contribution < -0.4 is 4.72 Å². The van der Waals surface area contributed by atoms with Crippen molar-refractivity contribution in [3.05, 3.63) is 14.7 Å². The lowest BCUT2D eigenvalue weighted by atomic mass is 10.2. The Hall–Kier alpha value is 0.920. The fraction of sp³-hybridized carbons (Fsp3) is 0.600. The highest BCUT2D eigenvalue weighted by Gasteiger charge is 2.20. The van der Waals surface area contributed by atoms with Crippen LogP contribution in [0.15, 0.2) is 11.0 Å². The van der Waals surface area contributed by atoms with Crippen molar-refractivity contribution in [1.82, 2.24) is 4.72 Å². The molecule has 0 aromatic carbocycles. The van der Waals surface area contributed by atoms with Crippen LogP contribution >= 0.6 is 57.1 Å². The lowest BCUT2D eigenvalue weighted by Crippen LogP contribution is -2.24. The van der Waals surface area contributed by atoms with Gasteiger partial charge in [-0.05, 0) is 23.3 Å². The Balaban J connectivity index is 2.43. The predicted octanol–water partition coefficient (Wildman–Crippen LogP) is 4.33. The molecule has 1 aromatic heterocycles. The first-order valence-corrected chi connectivity index (χ1v) is 10.1. The zero-order chi connectivity index (χ0) is 13.6. The van der Waals surface area contributed by atoms with Crippen LogP contribution in [0.25, 0.3) is 0 Å². The molecule has 0 bridgehead atoms. The number of rotatable bonds is 8. The Morgan fingerprint density at radius 1 is 1.22 bits per heavy atom. The van der Waals surface area contributed by atoms with Crippen molar-refractivity contribution in [2.45, 2.75) is 30.6 Å². The summed E-state index contributed by atoms with van der Waals surface area (Å²) < 4.78 is 28.1. The third-order valence-electron chi connectivity index (χ3n) is 2.27. The van der Waals surface area contributed by atoms with Crippen LogP contribution in [0.1, 0.15) is 25.7 Å². The van der Waals surface area contributed by atoms with Gasteiger partial charge in [0.15, 0.2) is 0 Å². The summed E-state index contributed by atoms with van der Waals surface area (Å²) in [5.74, 6) is 0. The number of unbranched alkanes of at least 4 members (excludes halogenated alkanes) is 3. The van der Waals surface area contributed by atoms with Crippen LogP contribution in [0, 0.1) is 0 Å². The molecule has 0 saturated carbocycles. The number of sulfonamides is 1. The molecular weight excluding hydrogens is 428 g/mol. The topological polar surface area (TPSA) is 46.2 Å². The second kappa shape index (κ2) is 8.26. The van der Waals surface area contributed by atoms with E-state index in [0.717, 1.165) is 35.0 Å². The van der Waals surface area contributed by atoms with E-state index in [4.69, 9.17) is 23.2 Å². The van der Waals surface area contributed by atoms with Gasteiger partial charge in [-0.2, -0.15) is 0 Å². The normalized spacial score (nSPS) is 11.9. The lowest BCUT2D eigenvalue weighted by molar-refractivity contribution is 0.574. The first-order valence-electron chi connectivity index (χ1n) is 5.48. The van der Waals surface area contributed by atoms with Crippen molar-refractivity contribution in [2.24, 2.45) is 0 Å². The van der Waals surface area contributed by atoms with Crippen molar-refractivity contribution in [3.8, 4) is 0 Å². The minimum absolute atomic E-state index is 0.0754. The van der Waals surface area contributed by atoms with Crippen molar-refractivity contribution < 1.29 is 8.42 Å². The fourth-order valence-electron chi connectivity index (χ4n) is 1.37. The van der Waals surface area contributed by atoms with E-state index in [1.54, 1.807) is 0 Å². The molecule has 0 aliphatic rings. The van der Waals surface area contributed by atoms with Gasteiger partial charge in [-0.15, -0.1) is 11.3 Å². The quantitative estimate of drug-likeness (QED) is 0.370. The Morgan fingerprint density at radius 2 is 1.89 bits per heavy atom. The summed E-state index contributed by atoms with van der Waals surface area (Å²) in [5.41, 5.74) is 0. The van der Waals surface area contributed by atoms with Crippen LogP contribution in [-0.4, -0.2) is 19.4 Å². The van der Waals surface area contributed by atoms with E-state index in [2.05, 4.69) is 27.3 Å². The summed E-state index contributed by atoms with van der Waals surface area (Å²) >= 11 is 15.0. The van der Waals surface area contributed by atoms with Gasteiger partial charge < -0.3 is 0 Å². The molecule has 0 fully saturated rings. The number of hydrogen-bond donors (Lipinski definition) is 1. The Morgan fingerprint density at radius 3 is 2.44 bits per heavy atom. The third-order valence-corrected chi connectivity index (χ3v) is 6.24. The highest BCUT2D eigenvalue weighted by molar-refractivity contribution is 14.1. The van der Waals surface area contributed by atoms with Gasteiger partial charge in [0.05, 0.1) is 4.34 Å². The summed E-state index contributed by atoms with van der Waals surface area (Å²) in [6.45, 7) is 0.438. The summed E-state index contributed by atoms with van der Waals surface area (Å²) in [6, 6.07) is 1.38. The summed E-state index contributed by atoms with van der Waals surface area (Å²) in [4.78, 5) is 0.0754. The van der Waals surface area contributed by atoms with Gasteiger partial charge in [-0.3, -0.25) is 0 Å². The number of nitrogens with one attached hydrogen (secondary N) is 1. The van der Waals surface area contributed by atoms with E-state index in [1.165, 1.54) is 12.5 Å². The van der Waals surface area contributed by atoms with E-state index in [9.17, 15) is 8.42 Å². The number of hydrogen-bond acceptors (Lipinski definition) is 3. The zero-order valence-electron chi connectivity index (χ0n) is 9.59. The maximum Gasteiger partial charge on any atom is 0.242 e. The number of alkyl halides is 1. The molecule has 0 aliphatic heterocycles. The molecule has 0 amide bonds. The SMILES string of the molecule is O=S(=O)(NCCCCCCI)c1cc(Cl)sc1Cl. The lowest BCUT2D eigenvalue weighted by Gasteiger charge is -2.05. The summed E-state index contributed by atoms with van der Waals surface area (Å²) in [7, 11) is -3.52. The largest absolute Gasteiger partial charge is 0.242 e. The molecule has 0 radical (unpaired) electrons. The van der Waals surface area contributed by atoms with Crippen LogP contribution in [0.2, 0.25) is 8.67 Å². The van der Waals surface area contributed by atoms with Crippen LogP contribution in [0.4, 0.5) is 0 Å². The van der Waals surface area contributed by atoms with Gasteiger partial charge in [0.1, 0.15) is 9.23 Å². The maximum absolute atomic E-state index is 11.9. The monoisotopic (exact) mass is 441 g/mol. The molecule has 8 heteroatoms. The molecule has 104 valence electrons. The van der Waals surface area contributed by atoms with Gasteiger partial charge in [0.2, 0.25) is 10.0 Å². The van der Waals surface area contributed by atoms with Gasteiger partial charge in [0.25, 0.3) is 0 Å². The van der Waals surface area contributed by atoms with Gasteiger partial charge in [-0.1, -0.05) is 58.6 Å². The molecule has 0 spiro atoms. The second-order valence-corrected chi connectivity index (χ2v) is 8.79. The standard InChI is InChI=1S/C10H14Cl2INO2S2/c11-9-7-8(10(12)17-9)18(15,16)14-6-4-2-1-3-5-13/h7,14H,1-6H2. The van der Waals surface area contributed by atoms with E-state index in [1.807, 2.05) is 0 Å². The predicted molar refractivity (Wildman–Crippen MR) is 86.9 cm³/mol. The van der Waals surface area contributed by atoms with Crippen LogP contribution in [0.5, 0.6) is 0 Å². The Kier molecular flexibility index (Phi) is 7.79. The molecule has 0 aliphatic carbocycles. The average molecular weight is 442 g/mol. The van der Waals surface area contributed by atoms with E-state index < -0.39 is 10.0 Å². The van der Waals surface area contributed by atoms with Crippen molar-refractivity contribution in [3.63, 3.8) is 0 Å². The molecular formula is C10H14Cl2INO2S2. The van der Waals surface area contributed by atoms with Crippen LogP contribution in [0.3, 0.4) is 0 Å². The molecule has 0 atom stereocenters. The van der Waals surface area contributed by atoms with Gasteiger partial charge >= 0.3 is 0 Å². The Labute approximate surface area is 135 Å². The molecule has 1 rings (SSSR count). The minimum Gasteiger partial charge on any atom is -0.211 e. The average Bonchev–Trinajstić information content (AvgIpc) is 2.63. The molecule has 1 aromatic rings. The maximum atomic E-state index is 11.9. The smallest absolute Gasteiger partial charge is 0.211 e. The highest BCUT2D eigenvalue weighted by atomic mass is 127. The number of halogens is 3. The third kappa shape index (κ3) is 5.50. The van der Waals surface area contributed by atoms with Crippen molar-refractivity contribution >= 4 is 67.2 Å². The van der Waals surface area contributed by atoms with Crippen molar-refractivity contribution in [1.29, 1.82) is 0 Å².